The zero-order valence-electron chi connectivity index (χ0n) is 11.8. The summed E-state index contributed by atoms with van der Waals surface area (Å²) in [6, 6.07) is 9.42. The SMILES string of the molecule is CC(C)c1nnc(SCC(=O)Nc2ccccc2)n1C. The summed E-state index contributed by atoms with van der Waals surface area (Å²) < 4.78 is 1.94. The highest BCUT2D eigenvalue weighted by molar-refractivity contribution is 7.99. The van der Waals surface area contributed by atoms with Gasteiger partial charge in [0.05, 0.1) is 5.75 Å². The second-order valence-corrected chi connectivity index (χ2v) is 5.70. The number of benzene rings is 1. The molecule has 2 rings (SSSR count). The molecule has 1 amide bonds. The highest BCUT2D eigenvalue weighted by atomic mass is 32.2. The number of hydrogen-bond acceptors (Lipinski definition) is 4. The number of amides is 1. The number of para-hydroxylation sites is 1. The third kappa shape index (κ3) is 3.60. The number of nitrogens with one attached hydrogen (secondary N) is 1. The minimum Gasteiger partial charge on any atom is -0.325 e. The van der Waals surface area contributed by atoms with Crippen LogP contribution in [-0.4, -0.2) is 26.4 Å². The van der Waals surface area contributed by atoms with Gasteiger partial charge in [-0.1, -0.05) is 43.8 Å². The third-order valence-electron chi connectivity index (χ3n) is 2.77. The van der Waals surface area contributed by atoms with E-state index < -0.39 is 0 Å². The molecule has 1 aromatic heterocycles. The lowest BCUT2D eigenvalue weighted by Gasteiger charge is -2.06. The molecule has 0 aliphatic carbocycles. The van der Waals surface area contributed by atoms with Crippen LogP contribution in [0.4, 0.5) is 5.69 Å². The lowest BCUT2D eigenvalue weighted by molar-refractivity contribution is -0.113. The van der Waals surface area contributed by atoms with Crippen molar-refractivity contribution in [2.45, 2.75) is 24.9 Å². The molecule has 0 aliphatic rings. The molecule has 1 N–H and O–H groups in total. The first kappa shape index (κ1) is 14.6. The normalized spacial score (nSPS) is 10.8. The minimum absolute atomic E-state index is 0.0460. The summed E-state index contributed by atoms with van der Waals surface area (Å²) in [6.07, 6.45) is 0. The first-order valence-corrected chi connectivity index (χ1v) is 7.43. The molecule has 6 heteroatoms. The van der Waals surface area contributed by atoms with Crippen molar-refractivity contribution < 1.29 is 4.79 Å². The average Bonchev–Trinajstić information content (AvgIpc) is 2.79. The highest BCUT2D eigenvalue weighted by Gasteiger charge is 2.13. The summed E-state index contributed by atoms with van der Waals surface area (Å²) in [5.74, 6) is 1.52. The number of carbonyl (C=O) groups is 1. The number of nitrogens with zero attached hydrogens (tertiary/aromatic N) is 3. The second-order valence-electron chi connectivity index (χ2n) is 4.76. The van der Waals surface area contributed by atoms with Gasteiger partial charge in [0.1, 0.15) is 5.82 Å². The van der Waals surface area contributed by atoms with Crippen molar-refractivity contribution in [3.63, 3.8) is 0 Å². The third-order valence-corrected chi connectivity index (χ3v) is 3.80. The number of thioether (sulfide) groups is 1. The maximum Gasteiger partial charge on any atom is 0.234 e. The monoisotopic (exact) mass is 290 g/mol. The van der Waals surface area contributed by atoms with Gasteiger partial charge in [-0.25, -0.2) is 0 Å². The van der Waals surface area contributed by atoms with E-state index in [4.69, 9.17) is 0 Å². The Balaban J connectivity index is 1.91. The molecular formula is C14H18N4OS. The Morgan fingerprint density at radius 1 is 1.30 bits per heavy atom. The molecule has 2 aromatic rings. The molecule has 0 bridgehead atoms. The van der Waals surface area contributed by atoms with E-state index in [1.165, 1.54) is 11.8 Å². The van der Waals surface area contributed by atoms with Gasteiger partial charge in [-0.05, 0) is 12.1 Å². The summed E-state index contributed by atoms with van der Waals surface area (Å²) in [6.45, 7) is 4.14. The van der Waals surface area contributed by atoms with E-state index in [-0.39, 0.29) is 5.91 Å². The van der Waals surface area contributed by atoms with E-state index in [9.17, 15) is 4.79 Å². The van der Waals surface area contributed by atoms with Crippen LogP contribution >= 0.6 is 11.8 Å². The fourth-order valence-electron chi connectivity index (χ4n) is 1.80. The van der Waals surface area contributed by atoms with Crippen LogP contribution in [0.5, 0.6) is 0 Å². The summed E-state index contributed by atoms with van der Waals surface area (Å²) in [5.41, 5.74) is 0.805. The molecule has 20 heavy (non-hydrogen) atoms. The van der Waals surface area contributed by atoms with E-state index in [1.807, 2.05) is 41.9 Å². The van der Waals surface area contributed by atoms with E-state index >= 15 is 0 Å². The van der Waals surface area contributed by atoms with Crippen molar-refractivity contribution in [2.75, 3.05) is 11.1 Å². The zero-order chi connectivity index (χ0) is 14.5. The Bertz CT molecular complexity index is 580. The van der Waals surface area contributed by atoms with Crippen LogP contribution in [0.3, 0.4) is 0 Å². The number of carbonyl (C=O) groups excluding carboxylic acids is 1. The molecule has 0 aliphatic heterocycles. The summed E-state index contributed by atoms with van der Waals surface area (Å²) >= 11 is 1.39. The highest BCUT2D eigenvalue weighted by Crippen LogP contribution is 2.19. The summed E-state index contributed by atoms with van der Waals surface area (Å²) in [5, 5.41) is 11.9. The molecule has 5 nitrogen and oxygen atoms in total. The van der Waals surface area contributed by atoms with Crippen LogP contribution in [0.2, 0.25) is 0 Å². The lowest BCUT2D eigenvalue weighted by Crippen LogP contribution is -2.14. The van der Waals surface area contributed by atoms with Crippen LogP contribution in [0, 0.1) is 0 Å². The van der Waals surface area contributed by atoms with Gasteiger partial charge in [-0.2, -0.15) is 0 Å². The van der Waals surface area contributed by atoms with Gasteiger partial charge in [0.2, 0.25) is 5.91 Å². The van der Waals surface area contributed by atoms with Crippen LogP contribution in [0.1, 0.15) is 25.6 Å². The fraction of sp³-hybridized carbons (Fsp3) is 0.357. The smallest absolute Gasteiger partial charge is 0.234 e. The molecule has 0 atom stereocenters. The topological polar surface area (TPSA) is 59.8 Å². The van der Waals surface area contributed by atoms with Crippen LogP contribution < -0.4 is 5.32 Å². The molecule has 0 saturated heterocycles. The van der Waals surface area contributed by atoms with Crippen LogP contribution in [-0.2, 0) is 11.8 Å². The van der Waals surface area contributed by atoms with Crippen molar-refractivity contribution in [2.24, 2.45) is 7.05 Å². The van der Waals surface area contributed by atoms with E-state index in [0.29, 0.717) is 11.7 Å². The van der Waals surface area contributed by atoms with Crippen molar-refractivity contribution in [1.29, 1.82) is 0 Å². The van der Waals surface area contributed by atoms with E-state index in [1.54, 1.807) is 0 Å². The first-order chi connectivity index (χ1) is 9.58. The molecule has 0 radical (unpaired) electrons. The average molecular weight is 290 g/mol. The van der Waals surface area contributed by atoms with Crippen molar-refractivity contribution in [3.05, 3.63) is 36.2 Å². The molecular weight excluding hydrogens is 272 g/mol. The summed E-state index contributed by atoms with van der Waals surface area (Å²) in [7, 11) is 1.92. The maximum atomic E-state index is 11.8. The molecule has 106 valence electrons. The van der Waals surface area contributed by atoms with Crippen LogP contribution in [0.25, 0.3) is 0 Å². The number of hydrogen-bond donors (Lipinski definition) is 1. The van der Waals surface area contributed by atoms with Gasteiger partial charge in [-0.15, -0.1) is 10.2 Å². The zero-order valence-corrected chi connectivity index (χ0v) is 12.6. The Morgan fingerprint density at radius 3 is 2.60 bits per heavy atom. The second kappa shape index (κ2) is 6.56. The largest absolute Gasteiger partial charge is 0.325 e. The van der Waals surface area contributed by atoms with Gasteiger partial charge < -0.3 is 9.88 Å². The Hall–Kier alpha value is -1.82. The van der Waals surface area contributed by atoms with Crippen molar-refractivity contribution in [1.82, 2.24) is 14.8 Å². The first-order valence-electron chi connectivity index (χ1n) is 6.45. The minimum atomic E-state index is -0.0460. The Labute approximate surface area is 122 Å². The van der Waals surface area contributed by atoms with Gasteiger partial charge in [-0.3, -0.25) is 4.79 Å². The Morgan fingerprint density at radius 2 is 2.00 bits per heavy atom. The fourth-order valence-corrected chi connectivity index (χ4v) is 2.52. The van der Waals surface area contributed by atoms with Crippen molar-refractivity contribution in [3.8, 4) is 0 Å². The van der Waals surface area contributed by atoms with Gasteiger partial charge in [0.25, 0.3) is 0 Å². The predicted octanol–water partition coefficient (Wildman–Crippen LogP) is 2.67. The quantitative estimate of drug-likeness (QED) is 0.860. The molecule has 0 spiro atoms. The molecule has 0 saturated carbocycles. The summed E-state index contributed by atoms with van der Waals surface area (Å²) in [4.78, 5) is 11.8. The Kier molecular flexibility index (Phi) is 4.79. The standard InChI is InChI=1S/C14H18N4OS/c1-10(2)13-16-17-14(18(13)3)20-9-12(19)15-11-7-5-4-6-8-11/h4-8,10H,9H2,1-3H3,(H,15,19). The number of aromatic nitrogens is 3. The van der Waals surface area contributed by atoms with E-state index in [0.717, 1.165) is 16.7 Å². The number of rotatable bonds is 5. The van der Waals surface area contributed by atoms with E-state index in [2.05, 4.69) is 29.4 Å². The lowest BCUT2D eigenvalue weighted by atomic mass is 10.2. The van der Waals surface area contributed by atoms with Gasteiger partial charge in [0.15, 0.2) is 5.16 Å². The van der Waals surface area contributed by atoms with Crippen LogP contribution in [0.15, 0.2) is 35.5 Å². The molecule has 0 unspecified atom stereocenters. The predicted molar refractivity (Wildman–Crippen MR) is 80.9 cm³/mol. The molecule has 0 fully saturated rings. The number of anilines is 1. The van der Waals surface area contributed by atoms with Crippen molar-refractivity contribution >= 4 is 23.4 Å². The molecule has 1 heterocycles. The molecule has 1 aromatic carbocycles. The van der Waals surface area contributed by atoms with Gasteiger partial charge >= 0.3 is 0 Å². The maximum absolute atomic E-state index is 11.8. The van der Waals surface area contributed by atoms with Gasteiger partial charge in [0, 0.05) is 18.7 Å².